The molecule has 0 saturated carbocycles. The highest BCUT2D eigenvalue weighted by Crippen LogP contribution is 2.33. The molecule has 3 heterocycles. The maximum atomic E-state index is 12.5. The lowest BCUT2D eigenvalue weighted by Crippen LogP contribution is -2.45. The molecule has 0 aliphatic carbocycles. The first kappa shape index (κ1) is 17.0. The van der Waals surface area contributed by atoms with Gasteiger partial charge in [0, 0.05) is 19.0 Å². The van der Waals surface area contributed by atoms with E-state index in [1.165, 1.54) is 9.71 Å². The molecule has 2 aromatic rings. The van der Waals surface area contributed by atoms with Crippen LogP contribution in [0.2, 0.25) is 0 Å². The molecular formula is C20H27N3OS. The second kappa shape index (κ2) is 7.42. The van der Waals surface area contributed by atoms with Crippen LogP contribution >= 0.6 is 11.3 Å². The van der Waals surface area contributed by atoms with Gasteiger partial charge in [0.25, 0.3) is 0 Å². The standard InChI is InChI=1S/C20H27N3OS/c1-15-6-12-23(13-7-15)19(24)14-22-10-8-16(9-11-22)20-21-17-4-2-3-5-18(17)25-20/h2-5,15-16H,6-14H2,1H3. The van der Waals surface area contributed by atoms with E-state index in [1.807, 2.05) is 11.3 Å². The van der Waals surface area contributed by atoms with Gasteiger partial charge in [0.15, 0.2) is 0 Å². The van der Waals surface area contributed by atoms with E-state index in [9.17, 15) is 4.79 Å². The minimum Gasteiger partial charge on any atom is -0.342 e. The third kappa shape index (κ3) is 3.87. The average Bonchev–Trinajstić information content (AvgIpc) is 3.07. The molecule has 0 N–H and O–H groups in total. The lowest BCUT2D eigenvalue weighted by atomic mass is 9.97. The van der Waals surface area contributed by atoms with Crippen molar-refractivity contribution in [3.63, 3.8) is 0 Å². The SMILES string of the molecule is CC1CCN(C(=O)CN2CCC(c3nc4ccccc4s3)CC2)CC1. The number of benzene rings is 1. The Labute approximate surface area is 153 Å². The quantitative estimate of drug-likeness (QED) is 0.840. The van der Waals surface area contributed by atoms with Crippen LogP contribution in [0.25, 0.3) is 10.2 Å². The van der Waals surface area contributed by atoms with Gasteiger partial charge in [0.05, 0.1) is 21.8 Å². The Bertz CT molecular complexity index is 694. The number of carbonyl (C=O) groups is 1. The highest BCUT2D eigenvalue weighted by molar-refractivity contribution is 7.18. The van der Waals surface area contributed by atoms with E-state index in [-0.39, 0.29) is 0 Å². The van der Waals surface area contributed by atoms with Crippen LogP contribution in [0, 0.1) is 5.92 Å². The maximum absolute atomic E-state index is 12.5. The normalized spacial score (nSPS) is 21.1. The highest BCUT2D eigenvalue weighted by atomic mass is 32.1. The molecule has 1 amide bonds. The highest BCUT2D eigenvalue weighted by Gasteiger charge is 2.26. The molecular weight excluding hydrogens is 330 g/mol. The van der Waals surface area contributed by atoms with Crippen LogP contribution in [-0.4, -0.2) is 53.4 Å². The average molecular weight is 358 g/mol. The number of rotatable bonds is 3. The molecule has 4 nitrogen and oxygen atoms in total. The van der Waals surface area contributed by atoms with Gasteiger partial charge in [-0.3, -0.25) is 9.69 Å². The van der Waals surface area contributed by atoms with Crippen LogP contribution < -0.4 is 0 Å². The Morgan fingerprint density at radius 2 is 1.84 bits per heavy atom. The largest absolute Gasteiger partial charge is 0.342 e. The summed E-state index contributed by atoms with van der Waals surface area (Å²) in [5.41, 5.74) is 1.12. The molecule has 0 unspecified atom stereocenters. The van der Waals surface area contributed by atoms with E-state index in [2.05, 4.69) is 41.0 Å². The van der Waals surface area contributed by atoms with Gasteiger partial charge in [0.1, 0.15) is 0 Å². The Balaban J connectivity index is 1.30. The Hall–Kier alpha value is -1.46. The van der Waals surface area contributed by atoms with E-state index >= 15 is 0 Å². The number of nitrogens with zero attached hydrogens (tertiary/aromatic N) is 3. The first-order valence-corrected chi connectivity index (χ1v) is 10.4. The molecule has 2 fully saturated rings. The number of aromatic nitrogens is 1. The fourth-order valence-electron chi connectivity index (χ4n) is 3.95. The number of fused-ring (bicyclic) bond motifs is 1. The number of hydrogen-bond acceptors (Lipinski definition) is 4. The summed E-state index contributed by atoms with van der Waals surface area (Å²) in [6, 6.07) is 8.40. The van der Waals surface area contributed by atoms with Crippen molar-refractivity contribution >= 4 is 27.5 Å². The molecule has 0 spiro atoms. The first-order valence-electron chi connectivity index (χ1n) is 9.54. The Morgan fingerprint density at radius 3 is 2.56 bits per heavy atom. The summed E-state index contributed by atoms with van der Waals surface area (Å²) in [5, 5.41) is 1.28. The number of hydrogen-bond donors (Lipinski definition) is 0. The summed E-state index contributed by atoms with van der Waals surface area (Å²) < 4.78 is 1.29. The number of piperidine rings is 2. The fourth-order valence-corrected chi connectivity index (χ4v) is 5.09. The minimum atomic E-state index is 0.324. The summed E-state index contributed by atoms with van der Waals surface area (Å²) in [6.45, 7) is 6.80. The van der Waals surface area contributed by atoms with E-state index in [4.69, 9.17) is 4.98 Å². The first-order chi connectivity index (χ1) is 12.2. The van der Waals surface area contributed by atoms with Gasteiger partial charge in [-0.05, 0) is 56.8 Å². The number of thiazole rings is 1. The zero-order valence-electron chi connectivity index (χ0n) is 15.0. The lowest BCUT2D eigenvalue weighted by molar-refractivity contribution is -0.134. The summed E-state index contributed by atoms with van der Waals surface area (Å²) >= 11 is 1.84. The Morgan fingerprint density at radius 1 is 1.12 bits per heavy atom. The summed E-state index contributed by atoms with van der Waals surface area (Å²) in [7, 11) is 0. The molecule has 2 saturated heterocycles. The predicted molar refractivity (Wildman–Crippen MR) is 103 cm³/mol. The van der Waals surface area contributed by atoms with Gasteiger partial charge < -0.3 is 4.90 Å². The molecule has 0 atom stereocenters. The van der Waals surface area contributed by atoms with E-state index in [0.717, 1.165) is 63.3 Å². The van der Waals surface area contributed by atoms with Crippen molar-refractivity contribution in [1.29, 1.82) is 0 Å². The summed E-state index contributed by atoms with van der Waals surface area (Å²) in [6.07, 6.45) is 4.55. The minimum absolute atomic E-state index is 0.324. The predicted octanol–water partition coefficient (Wildman–Crippen LogP) is 3.73. The van der Waals surface area contributed by atoms with Gasteiger partial charge in [-0.25, -0.2) is 4.98 Å². The zero-order valence-corrected chi connectivity index (χ0v) is 15.8. The summed E-state index contributed by atoms with van der Waals surface area (Å²) in [5.74, 6) is 1.65. The number of amides is 1. The smallest absolute Gasteiger partial charge is 0.236 e. The van der Waals surface area contributed by atoms with Crippen molar-refractivity contribution in [3.05, 3.63) is 29.3 Å². The summed E-state index contributed by atoms with van der Waals surface area (Å²) in [4.78, 5) is 21.8. The van der Waals surface area contributed by atoms with Gasteiger partial charge in [-0.15, -0.1) is 11.3 Å². The van der Waals surface area contributed by atoms with Crippen molar-refractivity contribution in [1.82, 2.24) is 14.8 Å². The number of likely N-dealkylation sites (tertiary alicyclic amines) is 2. The van der Waals surface area contributed by atoms with Gasteiger partial charge in [-0.2, -0.15) is 0 Å². The van der Waals surface area contributed by atoms with Crippen LogP contribution in [0.1, 0.15) is 43.5 Å². The van der Waals surface area contributed by atoms with Crippen molar-refractivity contribution in [2.24, 2.45) is 5.92 Å². The number of carbonyl (C=O) groups excluding carboxylic acids is 1. The molecule has 1 aromatic carbocycles. The molecule has 1 aromatic heterocycles. The molecule has 5 heteroatoms. The molecule has 2 aliphatic heterocycles. The molecule has 4 rings (SSSR count). The van der Waals surface area contributed by atoms with Crippen LogP contribution in [0.15, 0.2) is 24.3 Å². The topological polar surface area (TPSA) is 36.4 Å². The van der Waals surface area contributed by atoms with Crippen molar-refractivity contribution in [2.45, 2.75) is 38.5 Å². The van der Waals surface area contributed by atoms with Crippen LogP contribution in [-0.2, 0) is 4.79 Å². The second-order valence-electron chi connectivity index (χ2n) is 7.63. The van der Waals surface area contributed by atoms with Gasteiger partial charge in [0.2, 0.25) is 5.91 Å². The molecule has 134 valence electrons. The lowest BCUT2D eigenvalue weighted by Gasteiger charge is -2.34. The van der Waals surface area contributed by atoms with Crippen LogP contribution in [0.5, 0.6) is 0 Å². The zero-order chi connectivity index (χ0) is 17.2. The van der Waals surface area contributed by atoms with Crippen molar-refractivity contribution < 1.29 is 4.79 Å². The van der Waals surface area contributed by atoms with Crippen molar-refractivity contribution in [2.75, 3.05) is 32.7 Å². The molecule has 2 aliphatic rings. The van der Waals surface area contributed by atoms with Crippen LogP contribution in [0.3, 0.4) is 0 Å². The van der Waals surface area contributed by atoms with E-state index < -0.39 is 0 Å². The van der Waals surface area contributed by atoms with Gasteiger partial charge >= 0.3 is 0 Å². The third-order valence-corrected chi connectivity index (χ3v) is 6.94. The van der Waals surface area contributed by atoms with E-state index in [1.54, 1.807) is 0 Å². The van der Waals surface area contributed by atoms with E-state index in [0.29, 0.717) is 18.4 Å². The second-order valence-corrected chi connectivity index (χ2v) is 8.70. The van der Waals surface area contributed by atoms with Crippen LogP contribution in [0.4, 0.5) is 0 Å². The fraction of sp³-hybridized carbons (Fsp3) is 0.600. The van der Waals surface area contributed by atoms with Gasteiger partial charge in [-0.1, -0.05) is 19.1 Å². The Kier molecular flexibility index (Phi) is 5.04. The molecule has 25 heavy (non-hydrogen) atoms. The molecule has 0 radical (unpaired) electrons. The monoisotopic (exact) mass is 357 g/mol. The number of para-hydroxylation sites is 1. The maximum Gasteiger partial charge on any atom is 0.236 e. The molecule has 0 bridgehead atoms. The van der Waals surface area contributed by atoms with Crippen molar-refractivity contribution in [3.8, 4) is 0 Å². The third-order valence-electron chi connectivity index (χ3n) is 5.74.